The number of benzene rings is 3. The summed E-state index contributed by atoms with van der Waals surface area (Å²) in [5, 5.41) is 4.82. The minimum absolute atomic E-state index is 0.0456. The van der Waals surface area contributed by atoms with Crippen LogP contribution in [-0.2, 0) is 19.9 Å². The van der Waals surface area contributed by atoms with Gasteiger partial charge in [-0.3, -0.25) is 4.79 Å². The highest BCUT2D eigenvalue weighted by molar-refractivity contribution is 7.80. The molecule has 0 heterocycles. The molecule has 0 spiro atoms. The Balaban J connectivity index is 1.32. The molecule has 2 aliphatic rings. The van der Waals surface area contributed by atoms with Gasteiger partial charge >= 0.3 is 5.97 Å². The summed E-state index contributed by atoms with van der Waals surface area (Å²) in [6.45, 7) is 10.3. The highest BCUT2D eigenvalue weighted by Crippen LogP contribution is 2.50. The van der Waals surface area contributed by atoms with E-state index in [0.29, 0.717) is 11.8 Å². The Kier molecular flexibility index (Phi) is 5.97. The van der Waals surface area contributed by atoms with Gasteiger partial charge in [-0.25, -0.2) is 0 Å². The van der Waals surface area contributed by atoms with E-state index in [1.165, 1.54) is 21.5 Å². The maximum absolute atomic E-state index is 12.6. The van der Waals surface area contributed by atoms with Crippen LogP contribution in [0.5, 0.6) is 0 Å². The van der Waals surface area contributed by atoms with Crippen LogP contribution in [-0.4, -0.2) is 18.2 Å². The fourth-order valence-electron chi connectivity index (χ4n) is 5.73. The molecule has 2 aliphatic carbocycles. The SMILES string of the molecule is CCC(C)(C)C(=O)OC1CC2CC1CC2OC(C)(C)c1cc(S)c2cc3ccccc3cc2c1. The molecule has 0 amide bonds. The van der Waals surface area contributed by atoms with Crippen molar-refractivity contribution in [3.63, 3.8) is 0 Å². The summed E-state index contributed by atoms with van der Waals surface area (Å²) in [4.78, 5) is 13.6. The summed E-state index contributed by atoms with van der Waals surface area (Å²) in [5.41, 5.74) is 0.310. The molecule has 0 radical (unpaired) electrons. The Labute approximate surface area is 208 Å². The second-order valence-electron chi connectivity index (χ2n) is 11.5. The second kappa shape index (κ2) is 8.57. The van der Waals surface area contributed by atoms with E-state index < -0.39 is 11.0 Å². The molecule has 180 valence electrons. The summed E-state index contributed by atoms with van der Waals surface area (Å²) in [5.74, 6) is 0.799. The van der Waals surface area contributed by atoms with Gasteiger partial charge in [0.25, 0.3) is 0 Å². The summed E-state index contributed by atoms with van der Waals surface area (Å²) >= 11 is 4.84. The predicted molar refractivity (Wildman–Crippen MR) is 141 cm³/mol. The molecule has 4 unspecified atom stereocenters. The van der Waals surface area contributed by atoms with Crippen LogP contribution < -0.4 is 0 Å². The molecule has 34 heavy (non-hydrogen) atoms. The van der Waals surface area contributed by atoms with Gasteiger partial charge < -0.3 is 9.47 Å². The standard InChI is InChI=1S/C30H36O3S/c1-6-29(2,3)28(31)32-25-15-22-12-21(25)16-26(22)33-30(4,5)23-13-20-11-18-9-7-8-10-19(18)14-24(20)27(34)17-23/h7-11,13-14,17,21-22,25-26,34H,6,12,15-16H2,1-5H3. The summed E-state index contributed by atoms with van der Waals surface area (Å²) in [7, 11) is 0. The number of esters is 1. The molecule has 2 fully saturated rings. The van der Waals surface area contributed by atoms with Gasteiger partial charge in [-0.05, 0) is 117 Å². The lowest BCUT2D eigenvalue weighted by molar-refractivity contribution is -0.166. The van der Waals surface area contributed by atoms with Gasteiger partial charge in [0.1, 0.15) is 6.10 Å². The second-order valence-corrected chi connectivity index (χ2v) is 12.0. The molecule has 0 aromatic heterocycles. The quantitative estimate of drug-likeness (QED) is 0.225. The van der Waals surface area contributed by atoms with E-state index >= 15 is 0 Å². The molecule has 2 saturated carbocycles. The largest absolute Gasteiger partial charge is 0.462 e. The maximum Gasteiger partial charge on any atom is 0.311 e. The molecular weight excluding hydrogens is 440 g/mol. The lowest BCUT2D eigenvalue weighted by Crippen LogP contribution is -2.37. The molecular formula is C30H36O3S. The Morgan fingerprint density at radius 2 is 1.56 bits per heavy atom. The van der Waals surface area contributed by atoms with Crippen LogP contribution >= 0.6 is 12.6 Å². The zero-order chi connectivity index (χ0) is 24.3. The fourth-order valence-corrected chi connectivity index (χ4v) is 6.06. The number of hydrogen-bond acceptors (Lipinski definition) is 4. The average Bonchev–Trinajstić information content (AvgIpc) is 3.37. The predicted octanol–water partition coefficient (Wildman–Crippen LogP) is 7.68. The van der Waals surface area contributed by atoms with Crippen molar-refractivity contribution in [2.45, 2.75) is 83.0 Å². The smallest absolute Gasteiger partial charge is 0.311 e. The van der Waals surface area contributed by atoms with Crippen molar-refractivity contribution in [1.29, 1.82) is 0 Å². The highest BCUT2D eigenvalue weighted by Gasteiger charge is 2.50. The van der Waals surface area contributed by atoms with Crippen molar-refractivity contribution in [2.75, 3.05) is 0 Å². The molecule has 3 aromatic carbocycles. The van der Waals surface area contributed by atoms with E-state index in [2.05, 4.69) is 62.4 Å². The minimum atomic E-state index is -0.428. The van der Waals surface area contributed by atoms with Gasteiger partial charge in [0.05, 0.1) is 17.1 Å². The van der Waals surface area contributed by atoms with Crippen molar-refractivity contribution in [2.24, 2.45) is 17.3 Å². The summed E-state index contributed by atoms with van der Waals surface area (Å²) < 4.78 is 12.7. The molecule has 0 saturated heterocycles. The van der Waals surface area contributed by atoms with Crippen LogP contribution in [0.4, 0.5) is 0 Å². The molecule has 0 N–H and O–H groups in total. The van der Waals surface area contributed by atoms with E-state index in [1.807, 2.05) is 20.8 Å². The van der Waals surface area contributed by atoms with Crippen LogP contribution in [0.3, 0.4) is 0 Å². The summed E-state index contributed by atoms with van der Waals surface area (Å²) in [6.07, 6.45) is 4.01. The third kappa shape index (κ3) is 4.24. The molecule has 5 rings (SSSR count). The van der Waals surface area contributed by atoms with Gasteiger partial charge in [-0.1, -0.05) is 31.2 Å². The fraction of sp³-hybridized carbons (Fsp3) is 0.500. The number of fused-ring (bicyclic) bond motifs is 4. The van der Waals surface area contributed by atoms with Gasteiger partial charge in [0, 0.05) is 4.90 Å². The normalized spacial score (nSPS) is 24.8. The minimum Gasteiger partial charge on any atom is -0.462 e. The van der Waals surface area contributed by atoms with Crippen LogP contribution in [0.25, 0.3) is 21.5 Å². The van der Waals surface area contributed by atoms with Crippen molar-refractivity contribution in [1.82, 2.24) is 0 Å². The first-order valence-electron chi connectivity index (χ1n) is 12.6. The number of ether oxygens (including phenoxy) is 2. The Morgan fingerprint density at radius 1 is 0.912 bits per heavy atom. The van der Waals surface area contributed by atoms with E-state index in [1.54, 1.807) is 0 Å². The lowest BCUT2D eigenvalue weighted by Gasteiger charge is -2.36. The first-order chi connectivity index (χ1) is 16.1. The lowest BCUT2D eigenvalue weighted by atomic mass is 9.89. The number of thiol groups is 1. The first kappa shape index (κ1) is 23.7. The first-order valence-corrected chi connectivity index (χ1v) is 13.1. The van der Waals surface area contributed by atoms with Crippen molar-refractivity contribution in [3.05, 3.63) is 54.1 Å². The topological polar surface area (TPSA) is 35.5 Å². The Bertz CT molecular complexity index is 1240. The van der Waals surface area contributed by atoms with Crippen molar-refractivity contribution in [3.8, 4) is 0 Å². The number of rotatable bonds is 6. The third-order valence-corrected chi connectivity index (χ3v) is 8.73. The van der Waals surface area contributed by atoms with Crippen molar-refractivity contribution < 1.29 is 14.3 Å². The molecule has 0 aliphatic heterocycles. The van der Waals surface area contributed by atoms with Gasteiger partial charge in [-0.2, -0.15) is 0 Å². The molecule has 4 atom stereocenters. The Hall–Kier alpha value is -2.04. The van der Waals surface area contributed by atoms with E-state index in [9.17, 15) is 4.79 Å². The molecule has 3 aromatic rings. The molecule has 3 nitrogen and oxygen atoms in total. The Morgan fingerprint density at radius 3 is 2.21 bits per heavy atom. The van der Waals surface area contributed by atoms with Crippen LogP contribution in [0.1, 0.15) is 65.9 Å². The number of carbonyl (C=O) groups is 1. The zero-order valence-electron chi connectivity index (χ0n) is 20.9. The number of hydrogen-bond donors (Lipinski definition) is 1. The van der Waals surface area contributed by atoms with E-state index in [-0.39, 0.29) is 18.2 Å². The average molecular weight is 477 g/mol. The molecule has 2 bridgehead atoms. The maximum atomic E-state index is 12.6. The van der Waals surface area contributed by atoms with Gasteiger partial charge in [0.2, 0.25) is 0 Å². The number of carbonyl (C=O) groups excluding carboxylic acids is 1. The summed E-state index contributed by atoms with van der Waals surface area (Å²) in [6, 6.07) is 17.3. The monoisotopic (exact) mass is 476 g/mol. The van der Waals surface area contributed by atoms with Crippen LogP contribution in [0, 0.1) is 17.3 Å². The van der Waals surface area contributed by atoms with Crippen LogP contribution in [0.2, 0.25) is 0 Å². The molecule has 4 heteroatoms. The zero-order valence-corrected chi connectivity index (χ0v) is 21.8. The van der Waals surface area contributed by atoms with Crippen molar-refractivity contribution >= 4 is 40.1 Å². The van der Waals surface area contributed by atoms with Gasteiger partial charge in [-0.15, -0.1) is 12.6 Å². The van der Waals surface area contributed by atoms with Crippen LogP contribution in [0.15, 0.2) is 53.4 Å². The van der Waals surface area contributed by atoms with E-state index in [0.717, 1.165) is 36.1 Å². The third-order valence-electron chi connectivity index (χ3n) is 8.36. The van der Waals surface area contributed by atoms with E-state index in [4.69, 9.17) is 22.1 Å². The highest BCUT2D eigenvalue weighted by atomic mass is 32.1. The van der Waals surface area contributed by atoms with Gasteiger partial charge in [0.15, 0.2) is 0 Å².